The number of carbonyl (C=O) groups is 1. The van der Waals surface area contributed by atoms with Crippen LogP contribution in [-0.2, 0) is 16.0 Å². The predicted octanol–water partition coefficient (Wildman–Crippen LogP) is 3.25. The van der Waals surface area contributed by atoms with E-state index in [4.69, 9.17) is 4.74 Å². The number of nitrogens with zero attached hydrogens (tertiary/aromatic N) is 1. The minimum Gasteiger partial charge on any atom is -0.466 e. The molecule has 2 aromatic rings. The van der Waals surface area contributed by atoms with Gasteiger partial charge in [0, 0.05) is 14.7 Å². The van der Waals surface area contributed by atoms with Crippen molar-refractivity contribution in [1.29, 1.82) is 0 Å². The zero-order valence-electron chi connectivity index (χ0n) is 10.4. The smallest absolute Gasteiger partial charge is 0.310 e. The number of pyridine rings is 1. The fourth-order valence-corrected chi connectivity index (χ4v) is 2.93. The van der Waals surface area contributed by atoms with E-state index in [1.807, 2.05) is 38.1 Å². The van der Waals surface area contributed by atoms with E-state index in [0.717, 1.165) is 25.7 Å². The van der Waals surface area contributed by atoms with Crippen molar-refractivity contribution in [1.82, 2.24) is 4.98 Å². The van der Waals surface area contributed by atoms with Crippen LogP contribution in [0.1, 0.15) is 18.2 Å². The molecule has 1 heterocycles. The zero-order chi connectivity index (χ0) is 13.1. The number of hydrogen-bond donors (Lipinski definition) is 0. The number of esters is 1. The molecule has 0 spiro atoms. The third-order valence-corrected chi connectivity index (χ3v) is 3.99. The van der Waals surface area contributed by atoms with Crippen molar-refractivity contribution >= 4 is 39.5 Å². The van der Waals surface area contributed by atoms with Crippen molar-refractivity contribution < 1.29 is 9.53 Å². The number of carbonyl (C=O) groups excluding carboxylic acids is 1. The third-order valence-electron chi connectivity index (χ3n) is 2.76. The summed E-state index contributed by atoms with van der Waals surface area (Å²) in [6.45, 7) is 4.16. The average Bonchev–Trinajstić information content (AvgIpc) is 2.35. The van der Waals surface area contributed by atoms with Crippen LogP contribution in [0.4, 0.5) is 0 Å². The molecule has 0 aliphatic heterocycles. The molecule has 94 valence electrons. The zero-order valence-corrected chi connectivity index (χ0v) is 12.5. The van der Waals surface area contributed by atoms with Gasteiger partial charge in [-0.3, -0.25) is 9.78 Å². The van der Waals surface area contributed by atoms with Crippen LogP contribution in [0.15, 0.2) is 24.3 Å². The molecule has 1 aromatic carbocycles. The van der Waals surface area contributed by atoms with Crippen molar-refractivity contribution in [2.45, 2.75) is 20.3 Å². The summed E-state index contributed by atoms with van der Waals surface area (Å²) in [4.78, 5) is 16.1. The van der Waals surface area contributed by atoms with Crippen LogP contribution in [0, 0.1) is 10.5 Å². The molecular weight excluding hydrogens is 341 g/mol. The van der Waals surface area contributed by atoms with Gasteiger partial charge < -0.3 is 4.74 Å². The Morgan fingerprint density at radius 2 is 2.11 bits per heavy atom. The first-order valence-corrected chi connectivity index (χ1v) is 6.90. The lowest BCUT2D eigenvalue weighted by molar-refractivity contribution is -0.142. The molecule has 0 fully saturated rings. The summed E-state index contributed by atoms with van der Waals surface area (Å²) in [5.74, 6) is -0.199. The van der Waals surface area contributed by atoms with E-state index < -0.39 is 0 Å². The molecule has 0 saturated carbocycles. The van der Waals surface area contributed by atoms with E-state index in [0.29, 0.717) is 6.61 Å². The number of rotatable bonds is 3. The monoisotopic (exact) mass is 355 g/mol. The predicted molar refractivity (Wildman–Crippen MR) is 79.5 cm³/mol. The molecule has 0 unspecified atom stereocenters. The highest BCUT2D eigenvalue weighted by Gasteiger charge is 2.14. The molecule has 0 saturated heterocycles. The normalized spacial score (nSPS) is 10.6. The summed E-state index contributed by atoms with van der Waals surface area (Å²) < 4.78 is 6.08. The lowest BCUT2D eigenvalue weighted by atomic mass is 10.1. The molecular formula is C14H14INO2. The summed E-state index contributed by atoms with van der Waals surface area (Å²) in [6.07, 6.45) is 0.287. The Bertz CT molecular complexity index is 596. The fraction of sp³-hybridized carbons (Fsp3) is 0.286. The first-order valence-electron chi connectivity index (χ1n) is 5.82. The number of para-hydroxylation sites is 1. The number of hydrogen-bond acceptors (Lipinski definition) is 3. The maximum atomic E-state index is 11.6. The van der Waals surface area contributed by atoms with Crippen molar-refractivity contribution in [3.8, 4) is 0 Å². The highest BCUT2D eigenvalue weighted by molar-refractivity contribution is 14.1. The minimum atomic E-state index is -0.199. The Morgan fingerprint density at radius 3 is 2.83 bits per heavy atom. The lowest BCUT2D eigenvalue weighted by Gasteiger charge is -2.10. The lowest BCUT2D eigenvalue weighted by Crippen LogP contribution is -2.11. The third kappa shape index (κ3) is 2.63. The van der Waals surface area contributed by atoms with Gasteiger partial charge in [0.25, 0.3) is 0 Å². The Balaban J connectivity index is 2.47. The molecule has 0 aliphatic rings. The molecule has 2 rings (SSSR count). The van der Waals surface area contributed by atoms with E-state index in [-0.39, 0.29) is 12.4 Å². The van der Waals surface area contributed by atoms with Crippen LogP contribution < -0.4 is 0 Å². The summed E-state index contributed by atoms with van der Waals surface area (Å²) in [7, 11) is 0. The van der Waals surface area contributed by atoms with Crippen LogP contribution in [0.2, 0.25) is 0 Å². The molecule has 0 bridgehead atoms. The Kier molecular flexibility index (Phi) is 4.16. The Labute approximate surface area is 120 Å². The Morgan fingerprint density at radius 1 is 1.39 bits per heavy atom. The Hall–Kier alpha value is -1.17. The number of benzene rings is 1. The number of aryl methyl sites for hydroxylation is 1. The van der Waals surface area contributed by atoms with Gasteiger partial charge >= 0.3 is 5.97 Å². The summed E-state index contributed by atoms with van der Waals surface area (Å²) in [6, 6.07) is 7.96. The standard InChI is InChI=1S/C14H14INO2/c1-3-18-13(17)8-11-9(2)16-12-7-5-4-6-10(12)14(11)15/h4-7H,3,8H2,1-2H3. The first kappa shape index (κ1) is 13.3. The van der Waals surface area contributed by atoms with Crippen LogP contribution in [-0.4, -0.2) is 17.6 Å². The van der Waals surface area contributed by atoms with Gasteiger partial charge in [-0.05, 0) is 48.1 Å². The molecule has 1 aromatic heterocycles. The van der Waals surface area contributed by atoms with Gasteiger partial charge in [-0.15, -0.1) is 0 Å². The van der Waals surface area contributed by atoms with Crippen LogP contribution in [0.3, 0.4) is 0 Å². The van der Waals surface area contributed by atoms with Gasteiger partial charge in [-0.2, -0.15) is 0 Å². The van der Waals surface area contributed by atoms with Crippen LogP contribution >= 0.6 is 22.6 Å². The van der Waals surface area contributed by atoms with Crippen molar-refractivity contribution in [2.24, 2.45) is 0 Å². The average molecular weight is 355 g/mol. The second-order valence-electron chi connectivity index (χ2n) is 3.99. The number of halogens is 1. The van der Waals surface area contributed by atoms with Gasteiger partial charge in [0.05, 0.1) is 18.5 Å². The van der Waals surface area contributed by atoms with Crippen molar-refractivity contribution in [2.75, 3.05) is 6.61 Å². The molecule has 4 heteroatoms. The number of ether oxygens (including phenoxy) is 1. The highest BCUT2D eigenvalue weighted by atomic mass is 127. The van der Waals surface area contributed by atoms with E-state index in [9.17, 15) is 4.79 Å². The fourth-order valence-electron chi connectivity index (χ4n) is 1.89. The molecule has 0 aliphatic carbocycles. The molecule has 0 atom stereocenters. The van der Waals surface area contributed by atoms with Crippen LogP contribution in [0.25, 0.3) is 10.9 Å². The highest BCUT2D eigenvalue weighted by Crippen LogP contribution is 2.25. The quantitative estimate of drug-likeness (QED) is 0.627. The SMILES string of the molecule is CCOC(=O)Cc1c(C)nc2ccccc2c1I. The number of fused-ring (bicyclic) bond motifs is 1. The summed E-state index contributed by atoms with van der Waals surface area (Å²) >= 11 is 2.28. The molecule has 0 amide bonds. The van der Waals surface area contributed by atoms with Gasteiger partial charge in [-0.1, -0.05) is 18.2 Å². The first-order chi connectivity index (χ1) is 8.63. The summed E-state index contributed by atoms with van der Waals surface area (Å²) in [5.41, 5.74) is 2.82. The van der Waals surface area contributed by atoms with Gasteiger partial charge in [0.2, 0.25) is 0 Å². The number of aromatic nitrogens is 1. The van der Waals surface area contributed by atoms with Gasteiger partial charge in [0.15, 0.2) is 0 Å². The largest absolute Gasteiger partial charge is 0.466 e. The maximum Gasteiger partial charge on any atom is 0.310 e. The molecule has 18 heavy (non-hydrogen) atoms. The van der Waals surface area contributed by atoms with Crippen molar-refractivity contribution in [3.63, 3.8) is 0 Å². The second kappa shape index (κ2) is 5.65. The van der Waals surface area contributed by atoms with Crippen molar-refractivity contribution in [3.05, 3.63) is 39.1 Å². The van der Waals surface area contributed by atoms with E-state index >= 15 is 0 Å². The van der Waals surface area contributed by atoms with E-state index in [1.54, 1.807) is 0 Å². The maximum absolute atomic E-state index is 11.6. The van der Waals surface area contributed by atoms with E-state index in [2.05, 4.69) is 27.6 Å². The topological polar surface area (TPSA) is 39.2 Å². The van der Waals surface area contributed by atoms with Gasteiger partial charge in [-0.25, -0.2) is 0 Å². The molecule has 0 N–H and O–H groups in total. The van der Waals surface area contributed by atoms with Gasteiger partial charge in [0.1, 0.15) is 0 Å². The molecule has 0 radical (unpaired) electrons. The molecule has 3 nitrogen and oxygen atoms in total. The van der Waals surface area contributed by atoms with Crippen LogP contribution in [0.5, 0.6) is 0 Å². The minimum absolute atomic E-state index is 0.199. The van der Waals surface area contributed by atoms with E-state index in [1.165, 1.54) is 0 Å². The summed E-state index contributed by atoms with van der Waals surface area (Å²) in [5, 5.41) is 1.09. The second-order valence-corrected chi connectivity index (χ2v) is 5.07.